The Kier molecular flexibility index (Phi) is 7.10. The number of hydrogen-bond donors (Lipinski definition) is 3. The Morgan fingerprint density at radius 1 is 1.00 bits per heavy atom. The number of aliphatic carboxylic acids is 1. The van der Waals surface area contributed by atoms with Crippen LogP contribution >= 0.6 is 0 Å². The predicted molar refractivity (Wildman–Crippen MR) is 112 cm³/mol. The summed E-state index contributed by atoms with van der Waals surface area (Å²) in [5.74, 6) is -0.731. The number of aromatic nitrogens is 2. The summed E-state index contributed by atoms with van der Waals surface area (Å²) in [5, 5.41) is 17.8. The number of nitrogens with one attached hydrogen (secondary N) is 2. The summed E-state index contributed by atoms with van der Waals surface area (Å²) >= 11 is 0. The van der Waals surface area contributed by atoms with Gasteiger partial charge in [-0.25, -0.2) is 0 Å². The number of hydrogen-bond acceptors (Lipinski definition) is 6. The Labute approximate surface area is 178 Å². The lowest BCUT2D eigenvalue weighted by Gasteiger charge is -2.06. The third kappa shape index (κ3) is 6.49. The van der Waals surface area contributed by atoms with Gasteiger partial charge in [0.2, 0.25) is 17.6 Å². The summed E-state index contributed by atoms with van der Waals surface area (Å²) in [6.07, 6.45) is 0.314. The van der Waals surface area contributed by atoms with Gasteiger partial charge in [0.05, 0.1) is 6.42 Å². The van der Waals surface area contributed by atoms with E-state index in [1.54, 1.807) is 24.3 Å². The van der Waals surface area contributed by atoms with Crippen molar-refractivity contribution in [1.82, 2.24) is 15.5 Å². The lowest BCUT2D eigenvalue weighted by Crippen LogP contribution is -2.25. The van der Waals surface area contributed by atoms with Gasteiger partial charge in [0.25, 0.3) is 5.91 Å². The monoisotopic (exact) mass is 422 g/mol. The van der Waals surface area contributed by atoms with E-state index in [0.29, 0.717) is 29.4 Å². The van der Waals surface area contributed by atoms with E-state index < -0.39 is 5.97 Å². The summed E-state index contributed by atoms with van der Waals surface area (Å²) in [4.78, 5) is 38.9. The van der Waals surface area contributed by atoms with Crippen LogP contribution in [0.15, 0.2) is 53.1 Å². The molecular weight excluding hydrogens is 400 g/mol. The molecule has 1 aromatic heterocycles. The Hall–Kier alpha value is -4.01. The zero-order valence-corrected chi connectivity index (χ0v) is 16.9. The topological polar surface area (TPSA) is 134 Å². The number of nitrogens with zero attached hydrogens (tertiary/aromatic N) is 2. The molecule has 3 N–H and O–H groups in total. The van der Waals surface area contributed by atoms with Crippen LogP contribution in [0.5, 0.6) is 0 Å². The number of carbonyl (C=O) groups is 3. The molecule has 3 rings (SSSR count). The second-order valence-corrected chi connectivity index (χ2v) is 6.90. The maximum atomic E-state index is 12.2. The molecule has 160 valence electrons. The van der Waals surface area contributed by atoms with E-state index in [4.69, 9.17) is 9.63 Å². The number of rotatable bonds is 9. The minimum atomic E-state index is -0.981. The standard InChI is InChI=1S/C22H22N4O5/c1-14-2-4-15(5-3-14)21-25-19(31-26-21)11-10-18(27)24-17-8-6-16(7-9-17)22(30)23-13-12-20(28)29/h2-9H,10-13H2,1H3,(H,23,30)(H,24,27)(H,28,29). The molecule has 0 saturated carbocycles. The smallest absolute Gasteiger partial charge is 0.305 e. The first-order chi connectivity index (χ1) is 14.9. The van der Waals surface area contributed by atoms with Crippen molar-refractivity contribution in [3.63, 3.8) is 0 Å². The maximum Gasteiger partial charge on any atom is 0.305 e. The predicted octanol–water partition coefficient (Wildman–Crippen LogP) is 2.82. The van der Waals surface area contributed by atoms with E-state index in [2.05, 4.69) is 20.8 Å². The molecule has 3 aromatic rings. The maximum absolute atomic E-state index is 12.2. The van der Waals surface area contributed by atoms with Crippen LogP contribution in [0.4, 0.5) is 5.69 Å². The summed E-state index contributed by atoms with van der Waals surface area (Å²) in [6, 6.07) is 14.1. The van der Waals surface area contributed by atoms with Crippen LogP contribution < -0.4 is 10.6 Å². The number of anilines is 1. The Morgan fingerprint density at radius 3 is 2.39 bits per heavy atom. The minimum absolute atomic E-state index is 0.0496. The van der Waals surface area contributed by atoms with Crippen molar-refractivity contribution in [1.29, 1.82) is 0 Å². The number of aryl methyl sites for hydroxylation is 2. The van der Waals surface area contributed by atoms with Gasteiger partial charge in [0.1, 0.15) is 0 Å². The second-order valence-electron chi connectivity index (χ2n) is 6.90. The summed E-state index contributed by atoms with van der Waals surface area (Å²) < 4.78 is 5.22. The molecule has 0 saturated heterocycles. The fourth-order valence-corrected chi connectivity index (χ4v) is 2.71. The van der Waals surface area contributed by atoms with Crippen LogP contribution in [0.2, 0.25) is 0 Å². The van der Waals surface area contributed by atoms with Crippen LogP contribution in [0.3, 0.4) is 0 Å². The average molecular weight is 422 g/mol. The fraction of sp³-hybridized carbons (Fsp3) is 0.227. The SMILES string of the molecule is Cc1ccc(-c2noc(CCC(=O)Nc3ccc(C(=O)NCCC(=O)O)cc3)n2)cc1. The summed E-state index contributed by atoms with van der Waals surface area (Å²) in [5.41, 5.74) is 2.89. The largest absolute Gasteiger partial charge is 0.481 e. The molecule has 2 aromatic carbocycles. The lowest BCUT2D eigenvalue weighted by molar-refractivity contribution is -0.136. The quantitative estimate of drug-likeness (QED) is 0.483. The Bertz CT molecular complexity index is 1060. The van der Waals surface area contributed by atoms with Gasteiger partial charge in [-0.1, -0.05) is 35.0 Å². The minimum Gasteiger partial charge on any atom is -0.481 e. The zero-order valence-electron chi connectivity index (χ0n) is 16.9. The molecule has 9 heteroatoms. The molecule has 0 aliphatic carbocycles. The van der Waals surface area contributed by atoms with Gasteiger partial charge in [0.15, 0.2) is 0 Å². The highest BCUT2D eigenvalue weighted by Gasteiger charge is 2.11. The molecule has 31 heavy (non-hydrogen) atoms. The van der Waals surface area contributed by atoms with E-state index >= 15 is 0 Å². The summed E-state index contributed by atoms with van der Waals surface area (Å²) in [7, 11) is 0. The van der Waals surface area contributed by atoms with E-state index in [-0.39, 0.29) is 31.2 Å². The number of carbonyl (C=O) groups excluding carboxylic acids is 2. The molecule has 9 nitrogen and oxygen atoms in total. The van der Waals surface area contributed by atoms with Crippen molar-refractivity contribution < 1.29 is 24.0 Å². The third-order valence-electron chi connectivity index (χ3n) is 4.40. The van der Waals surface area contributed by atoms with Crippen LogP contribution in [-0.4, -0.2) is 39.6 Å². The number of amides is 2. The lowest BCUT2D eigenvalue weighted by atomic mass is 10.1. The summed E-state index contributed by atoms with van der Waals surface area (Å²) in [6.45, 7) is 2.04. The Morgan fingerprint density at radius 2 is 1.71 bits per heavy atom. The third-order valence-corrected chi connectivity index (χ3v) is 4.40. The van der Waals surface area contributed by atoms with Crippen LogP contribution in [0.25, 0.3) is 11.4 Å². The van der Waals surface area contributed by atoms with Gasteiger partial charge in [0, 0.05) is 36.2 Å². The number of carboxylic acids is 1. The van der Waals surface area contributed by atoms with Gasteiger partial charge in [-0.05, 0) is 31.2 Å². The molecule has 0 aliphatic rings. The highest BCUT2D eigenvalue weighted by atomic mass is 16.5. The molecule has 0 atom stereocenters. The molecule has 0 aliphatic heterocycles. The molecule has 0 spiro atoms. The van der Waals surface area contributed by atoms with Crippen molar-refractivity contribution in [2.24, 2.45) is 0 Å². The van der Waals surface area contributed by atoms with Gasteiger partial charge >= 0.3 is 5.97 Å². The highest BCUT2D eigenvalue weighted by Crippen LogP contribution is 2.17. The molecule has 0 radical (unpaired) electrons. The van der Waals surface area contributed by atoms with Crippen LogP contribution in [-0.2, 0) is 16.0 Å². The average Bonchev–Trinajstić information content (AvgIpc) is 3.22. The van der Waals surface area contributed by atoms with Crippen molar-refractivity contribution in [3.05, 3.63) is 65.5 Å². The van der Waals surface area contributed by atoms with Crippen LogP contribution in [0, 0.1) is 6.92 Å². The van der Waals surface area contributed by atoms with E-state index in [1.807, 2.05) is 31.2 Å². The van der Waals surface area contributed by atoms with Crippen LogP contribution in [0.1, 0.15) is 34.7 Å². The molecule has 1 heterocycles. The van der Waals surface area contributed by atoms with Gasteiger partial charge in [-0.15, -0.1) is 0 Å². The van der Waals surface area contributed by atoms with Crippen molar-refractivity contribution in [3.8, 4) is 11.4 Å². The van der Waals surface area contributed by atoms with E-state index in [0.717, 1.165) is 11.1 Å². The second kappa shape index (κ2) is 10.1. The Balaban J connectivity index is 1.47. The van der Waals surface area contributed by atoms with Crippen molar-refractivity contribution in [2.45, 2.75) is 26.2 Å². The first-order valence-electron chi connectivity index (χ1n) is 9.70. The van der Waals surface area contributed by atoms with E-state index in [1.165, 1.54) is 0 Å². The van der Waals surface area contributed by atoms with E-state index in [9.17, 15) is 14.4 Å². The van der Waals surface area contributed by atoms with Gasteiger partial charge < -0.3 is 20.3 Å². The number of benzene rings is 2. The fourth-order valence-electron chi connectivity index (χ4n) is 2.71. The zero-order chi connectivity index (χ0) is 22.2. The first-order valence-corrected chi connectivity index (χ1v) is 9.70. The first kappa shape index (κ1) is 21.7. The van der Waals surface area contributed by atoms with Gasteiger partial charge in [-0.3, -0.25) is 14.4 Å². The van der Waals surface area contributed by atoms with Crippen molar-refractivity contribution >= 4 is 23.5 Å². The van der Waals surface area contributed by atoms with Crippen molar-refractivity contribution in [2.75, 3.05) is 11.9 Å². The molecule has 0 bridgehead atoms. The van der Waals surface area contributed by atoms with Gasteiger partial charge in [-0.2, -0.15) is 4.98 Å². The highest BCUT2D eigenvalue weighted by molar-refractivity contribution is 5.96. The molecule has 2 amide bonds. The number of carboxylic acid groups (broad SMARTS) is 1. The molecular formula is C22H22N4O5. The normalized spacial score (nSPS) is 10.5. The molecule has 0 unspecified atom stereocenters. The molecule has 0 fully saturated rings.